The first-order valence-corrected chi connectivity index (χ1v) is 4.64. The smallest absolute Gasteiger partial charge is 0.342 e. The van der Waals surface area contributed by atoms with Crippen LogP contribution in [-0.2, 0) is 4.74 Å². The van der Waals surface area contributed by atoms with Crippen molar-refractivity contribution < 1.29 is 13.9 Å². The minimum Gasteiger partial charge on any atom is -0.443 e. The van der Waals surface area contributed by atoms with Gasteiger partial charge in [-0.3, -0.25) is 4.90 Å². The second-order valence-electron chi connectivity index (χ2n) is 3.45. The Bertz CT molecular complexity index is 352. The summed E-state index contributed by atoms with van der Waals surface area (Å²) in [6.07, 6.45) is -0.378. The van der Waals surface area contributed by atoms with Crippen molar-refractivity contribution in [3.63, 3.8) is 0 Å². The number of rotatable bonds is 3. The summed E-state index contributed by atoms with van der Waals surface area (Å²) in [4.78, 5) is 13.2. The summed E-state index contributed by atoms with van der Waals surface area (Å²) in [6.45, 7) is 1.72. The zero-order chi connectivity index (χ0) is 11.4. The molecule has 1 aromatic carbocycles. The number of benzene rings is 1. The van der Waals surface area contributed by atoms with E-state index in [1.54, 1.807) is 32.0 Å². The van der Waals surface area contributed by atoms with E-state index < -0.39 is 11.8 Å². The van der Waals surface area contributed by atoms with Crippen LogP contribution in [0.2, 0.25) is 0 Å². The van der Waals surface area contributed by atoms with E-state index in [4.69, 9.17) is 4.74 Å². The lowest BCUT2D eigenvalue weighted by molar-refractivity contribution is -0.00588. The van der Waals surface area contributed by atoms with Crippen molar-refractivity contribution >= 4 is 5.97 Å². The number of carbonyl (C=O) groups excluding carboxylic acids is 1. The summed E-state index contributed by atoms with van der Waals surface area (Å²) in [5, 5.41) is 0. The van der Waals surface area contributed by atoms with Gasteiger partial charge < -0.3 is 4.74 Å². The highest BCUT2D eigenvalue weighted by Gasteiger charge is 2.16. The Morgan fingerprint density at radius 1 is 1.40 bits per heavy atom. The van der Waals surface area contributed by atoms with Crippen LogP contribution in [0.3, 0.4) is 0 Å². The maximum absolute atomic E-state index is 13.2. The normalized spacial score (nSPS) is 12.6. The molecule has 1 aromatic rings. The molecule has 3 nitrogen and oxygen atoms in total. The van der Waals surface area contributed by atoms with Crippen molar-refractivity contribution in [1.82, 2.24) is 4.90 Å². The molecule has 0 fully saturated rings. The Morgan fingerprint density at radius 3 is 2.53 bits per heavy atom. The SMILES string of the molecule is CC(OC(=O)c1ccccc1F)N(C)C. The average Bonchev–Trinajstić information content (AvgIpc) is 2.18. The van der Waals surface area contributed by atoms with Crippen molar-refractivity contribution in [2.75, 3.05) is 14.1 Å². The van der Waals surface area contributed by atoms with Crippen molar-refractivity contribution in [1.29, 1.82) is 0 Å². The van der Waals surface area contributed by atoms with Gasteiger partial charge >= 0.3 is 5.97 Å². The van der Waals surface area contributed by atoms with Gasteiger partial charge in [-0.25, -0.2) is 9.18 Å². The molecule has 0 saturated carbocycles. The summed E-state index contributed by atoms with van der Waals surface area (Å²) < 4.78 is 18.2. The third kappa shape index (κ3) is 3.02. The molecule has 0 saturated heterocycles. The van der Waals surface area contributed by atoms with E-state index in [9.17, 15) is 9.18 Å². The Kier molecular flexibility index (Phi) is 3.80. The zero-order valence-corrected chi connectivity index (χ0v) is 9.03. The van der Waals surface area contributed by atoms with E-state index in [-0.39, 0.29) is 11.8 Å². The number of ether oxygens (including phenoxy) is 1. The first-order valence-electron chi connectivity index (χ1n) is 4.64. The van der Waals surface area contributed by atoms with Crippen molar-refractivity contribution in [3.05, 3.63) is 35.6 Å². The molecule has 0 bridgehead atoms. The number of hydrogen-bond donors (Lipinski definition) is 0. The first kappa shape index (κ1) is 11.7. The molecule has 1 rings (SSSR count). The highest BCUT2D eigenvalue weighted by atomic mass is 19.1. The van der Waals surface area contributed by atoms with E-state index in [2.05, 4.69) is 0 Å². The predicted molar refractivity (Wildman–Crippen MR) is 55.0 cm³/mol. The molecule has 0 aliphatic rings. The van der Waals surface area contributed by atoms with Crippen LogP contribution in [-0.4, -0.2) is 31.2 Å². The van der Waals surface area contributed by atoms with Crippen LogP contribution in [0.25, 0.3) is 0 Å². The van der Waals surface area contributed by atoms with Gasteiger partial charge in [-0.1, -0.05) is 12.1 Å². The van der Waals surface area contributed by atoms with Crippen LogP contribution in [0.4, 0.5) is 4.39 Å². The van der Waals surface area contributed by atoms with Crippen LogP contribution < -0.4 is 0 Å². The topological polar surface area (TPSA) is 29.5 Å². The molecular weight excluding hydrogens is 197 g/mol. The van der Waals surface area contributed by atoms with E-state index in [1.165, 1.54) is 18.2 Å². The Morgan fingerprint density at radius 2 is 2.00 bits per heavy atom. The van der Waals surface area contributed by atoms with E-state index in [0.29, 0.717) is 0 Å². The minimum atomic E-state index is -0.644. The largest absolute Gasteiger partial charge is 0.443 e. The van der Waals surface area contributed by atoms with Crippen molar-refractivity contribution in [3.8, 4) is 0 Å². The molecule has 0 N–H and O–H groups in total. The quantitative estimate of drug-likeness (QED) is 0.565. The fraction of sp³-hybridized carbons (Fsp3) is 0.364. The van der Waals surface area contributed by atoms with Gasteiger partial charge in [0.2, 0.25) is 0 Å². The average molecular weight is 211 g/mol. The molecule has 1 atom stereocenters. The zero-order valence-electron chi connectivity index (χ0n) is 9.03. The van der Waals surface area contributed by atoms with Crippen molar-refractivity contribution in [2.45, 2.75) is 13.2 Å². The summed E-state index contributed by atoms with van der Waals surface area (Å²) in [6, 6.07) is 5.76. The molecule has 0 radical (unpaired) electrons. The summed E-state index contributed by atoms with van der Waals surface area (Å²) >= 11 is 0. The lowest BCUT2D eigenvalue weighted by atomic mass is 10.2. The second kappa shape index (κ2) is 4.89. The molecule has 0 aliphatic heterocycles. The van der Waals surface area contributed by atoms with E-state index in [1.807, 2.05) is 0 Å². The monoisotopic (exact) mass is 211 g/mol. The number of hydrogen-bond acceptors (Lipinski definition) is 3. The van der Waals surface area contributed by atoms with Crippen LogP contribution in [0, 0.1) is 5.82 Å². The van der Waals surface area contributed by atoms with Crippen LogP contribution in [0.5, 0.6) is 0 Å². The fourth-order valence-corrected chi connectivity index (χ4v) is 0.951. The van der Waals surface area contributed by atoms with Gasteiger partial charge in [-0.2, -0.15) is 0 Å². The molecule has 4 heteroatoms. The Hall–Kier alpha value is -1.42. The molecule has 0 spiro atoms. The number of nitrogens with zero attached hydrogens (tertiary/aromatic N) is 1. The third-order valence-corrected chi connectivity index (χ3v) is 2.10. The molecule has 0 heterocycles. The van der Waals surface area contributed by atoms with Crippen LogP contribution in [0.15, 0.2) is 24.3 Å². The van der Waals surface area contributed by atoms with Gasteiger partial charge in [0.1, 0.15) is 5.82 Å². The van der Waals surface area contributed by atoms with E-state index in [0.717, 1.165) is 0 Å². The van der Waals surface area contributed by atoms with Crippen LogP contribution >= 0.6 is 0 Å². The van der Waals surface area contributed by atoms with Gasteiger partial charge in [0.15, 0.2) is 6.23 Å². The fourth-order valence-electron chi connectivity index (χ4n) is 0.951. The summed E-state index contributed by atoms with van der Waals surface area (Å²) in [5.74, 6) is -1.21. The standard InChI is InChI=1S/C11H14FNO2/c1-8(13(2)3)15-11(14)9-6-4-5-7-10(9)12/h4-8H,1-3H3. The molecular formula is C11H14FNO2. The number of esters is 1. The maximum Gasteiger partial charge on any atom is 0.342 e. The second-order valence-corrected chi connectivity index (χ2v) is 3.45. The number of halogens is 1. The van der Waals surface area contributed by atoms with Gasteiger partial charge in [0.05, 0.1) is 5.56 Å². The van der Waals surface area contributed by atoms with Crippen LogP contribution in [0.1, 0.15) is 17.3 Å². The first-order chi connectivity index (χ1) is 7.02. The third-order valence-electron chi connectivity index (χ3n) is 2.10. The molecule has 0 aliphatic carbocycles. The number of carbonyl (C=O) groups is 1. The van der Waals surface area contributed by atoms with Gasteiger partial charge in [0, 0.05) is 0 Å². The maximum atomic E-state index is 13.2. The predicted octanol–water partition coefficient (Wildman–Crippen LogP) is 1.89. The molecule has 0 aromatic heterocycles. The van der Waals surface area contributed by atoms with Crippen molar-refractivity contribution in [2.24, 2.45) is 0 Å². The molecule has 1 unspecified atom stereocenters. The highest BCUT2D eigenvalue weighted by molar-refractivity contribution is 5.89. The highest BCUT2D eigenvalue weighted by Crippen LogP contribution is 2.09. The van der Waals surface area contributed by atoms with Gasteiger partial charge in [-0.05, 0) is 33.2 Å². The Balaban J connectivity index is 2.74. The van der Waals surface area contributed by atoms with E-state index >= 15 is 0 Å². The van der Waals surface area contributed by atoms with Gasteiger partial charge in [0.25, 0.3) is 0 Å². The summed E-state index contributed by atoms with van der Waals surface area (Å²) in [5.41, 5.74) is -0.0359. The lowest BCUT2D eigenvalue weighted by Gasteiger charge is -2.19. The molecule has 0 amide bonds. The lowest BCUT2D eigenvalue weighted by Crippen LogP contribution is -2.30. The summed E-state index contributed by atoms with van der Waals surface area (Å²) in [7, 11) is 3.55. The Labute approximate surface area is 88.5 Å². The molecule has 15 heavy (non-hydrogen) atoms. The molecule has 82 valence electrons. The van der Waals surface area contributed by atoms with Gasteiger partial charge in [-0.15, -0.1) is 0 Å². The minimum absolute atomic E-state index is 0.0359.